The molecule has 0 bridgehead atoms. The molecule has 0 aromatic carbocycles. The largest absolute Gasteiger partial charge is 0.369 e. The van der Waals surface area contributed by atoms with Gasteiger partial charge in [0, 0.05) is 12.0 Å². The molecule has 0 aliphatic rings. The van der Waals surface area contributed by atoms with E-state index in [0.29, 0.717) is 12.3 Å². The number of aromatic nitrogens is 2. The van der Waals surface area contributed by atoms with Crippen LogP contribution in [0.4, 0.5) is 5.69 Å². The molecule has 0 aliphatic carbocycles. The van der Waals surface area contributed by atoms with E-state index in [2.05, 4.69) is 15.3 Å². The van der Waals surface area contributed by atoms with Crippen LogP contribution in [0.1, 0.15) is 40.4 Å². The number of carbonyl (C=O) groups is 1. The molecule has 0 fully saturated rings. The monoisotopic (exact) mass is 251 g/mol. The first-order valence-corrected chi connectivity index (χ1v) is 6.09. The van der Waals surface area contributed by atoms with E-state index in [0.717, 1.165) is 5.82 Å². The number of ether oxygens (including phenoxy) is 1. The van der Waals surface area contributed by atoms with Crippen LogP contribution in [-0.2, 0) is 14.9 Å². The van der Waals surface area contributed by atoms with Gasteiger partial charge in [-0.2, -0.15) is 0 Å². The van der Waals surface area contributed by atoms with Crippen LogP contribution in [-0.4, -0.2) is 28.6 Å². The number of hydrogen-bond donors (Lipinski definition) is 1. The smallest absolute Gasteiger partial charge is 0.253 e. The van der Waals surface area contributed by atoms with E-state index in [-0.39, 0.29) is 11.3 Å². The molecule has 0 unspecified atom stereocenters. The Bertz CT molecular complexity index is 396. The molecule has 1 amide bonds. The standard InChI is InChI=1S/C13H21N3O2/c1-6-18-9(2)11(17)16-10-7-14-12(15-8-10)13(3,4)5/h7-9H,6H2,1-5H3,(H,16,17)/t9-/m1/s1. The van der Waals surface area contributed by atoms with Crippen molar-refractivity contribution in [2.45, 2.75) is 46.1 Å². The van der Waals surface area contributed by atoms with E-state index in [1.807, 2.05) is 27.7 Å². The maximum absolute atomic E-state index is 11.7. The van der Waals surface area contributed by atoms with Crippen molar-refractivity contribution in [2.24, 2.45) is 0 Å². The second-order valence-corrected chi connectivity index (χ2v) is 5.13. The molecule has 5 nitrogen and oxygen atoms in total. The van der Waals surface area contributed by atoms with Gasteiger partial charge in [0.2, 0.25) is 0 Å². The van der Waals surface area contributed by atoms with Crippen molar-refractivity contribution in [1.29, 1.82) is 0 Å². The van der Waals surface area contributed by atoms with E-state index >= 15 is 0 Å². The van der Waals surface area contributed by atoms with Crippen LogP contribution in [0, 0.1) is 0 Å². The summed E-state index contributed by atoms with van der Waals surface area (Å²) in [7, 11) is 0. The third-order valence-electron chi connectivity index (χ3n) is 2.38. The summed E-state index contributed by atoms with van der Waals surface area (Å²) in [4.78, 5) is 20.2. The lowest BCUT2D eigenvalue weighted by molar-refractivity contribution is -0.126. The predicted octanol–water partition coefficient (Wildman–Crippen LogP) is 2.14. The fourth-order valence-electron chi connectivity index (χ4n) is 1.35. The Hall–Kier alpha value is -1.49. The fraction of sp³-hybridized carbons (Fsp3) is 0.615. The zero-order chi connectivity index (χ0) is 13.8. The summed E-state index contributed by atoms with van der Waals surface area (Å²) in [5, 5.41) is 2.72. The minimum absolute atomic E-state index is 0.0961. The molecule has 1 heterocycles. The molecule has 1 aromatic heterocycles. The van der Waals surface area contributed by atoms with E-state index in [1.165, 1.54) is 0 Å². The molecule has 0 spiro atoms. The topological polar surface area (TPSA) is 64.1 Å². The summed E-state index contributed by atoms with van der Waals surface area (Å²) >= 11 is 0. The zero-order valence-corrected chi connectivity index (χ0v) is 11.7. The zero-order valence-electron chi connectivity index (χ0n) is 11.7. The number of rotatable bonds is 4. The maximum Gasteiger partial charge on any atom is 0.253 e. The third-order valence-corrected chi connectivity index (χ3v) is 2.38. The molecule has 0 saturated carbocycles. The summed E-state index contributed by atoms with van der Waals surface area (Å²) in [6.45, 7) is 10.2. The fourth-order valence-corrected chi connectivity index (χ4v) is 1.35. The average Bonchev–Trinajstić information content (AvgIpc) is 2.28. The Balaban J connectivity index is 2.67. The van der Waals surface area contributed by atoms with Crippen LogP contribution >= 0.6 is 0 Å². The van der Waals surface area contributed by atoms with Crippen LogP contribution in [0.2, 0.25) is 0 Å². The van der Waals surface area contributed by atoms with Gasteiger partial charge < -0.3 is 10.1 Å². The summed E-state index contributed by atoms with van der Waals surface area (Å²) in [5.41, 5.74) is 0.487. The number of amides is 1. The number of hydrogen-bond acceptors (Lipinski definition) is 4. The van der Waals surface area contributed by atoms with E-state index in [4.69, 9.17) is 4.74 Å². The Morgan fingerprint density at radius 2 is 1.94 bits per heavy atom. The molecule has 18 heavy (non-hydrogen) atoms. The second kappa shape index (κ2) is 5.91. The van der Waals surface area contributed by atoms with Crippen LogP contribution in [0.15, 0.2) is 12.4 Å². The van der Waals surface area contributed by atoms with Crippen molar-refractivity contribution in [3.63, 3.8) is 0 Å². The molecular weight excluding hydrogens is 230 g/mol. The minimum atomic E-state index is -0.475. The van der Waals surface area contributed by atoms with Crippen molar-refractivity contribution in [3.8, 4) is 0 Å². The van der Waals surface area contributed by atoms with Crippen molar-refractivity contribution >= 4 is 11.6 Å². The van der Waals surface area contributed by atoms with Gasteiger partial charge in [-0.15, -0.1) is 0 Å². The molecule has 100 valence electrons. The Kier molecular flexibility index (Phi) is 4.78. The molecule has 0 radical (unpaired) electrons. The van der Waals surface area contributed by atoms with Gasteiger partial charge in [0.1, 0.15) is 11.9 Å². The third kappa shape index (κ3) is 4.07. The predicted molar refractivity (Wildman–Crippen MR) is 70.4 cm³/mol. The first kappa shape index (κ1) is 14.6. The average molecular weight is 251 g/mol. The molecule has 1 atom stereocenters. The molecule has 1 rings (SSSR count). The Labute approximate surface area is 108 Å². The molecular formula is C13H21N3O2. The van der Waals surface area contributed by atoms with E-state index < -0.39 is 6.10 Å². The normalized spacial score (nSPS) is 13.2. The van der Waals surface area contributed by atoms with Gasteiger partial charge in [-0.05, 0) is 13.8 Å². The number of nitrogens with zero attached hydrogens (tertiary/aromatic N) is 2. The van der Waals surface area contributed by atoms with Crippen molar-refractivity contribution in [1.82, 2.24) is 9.97 Å². The van der Waals surface area contributed by atoms with Gasteiger partial charge in [0.05, 0.1) is 18.1 Å². The van der Waals surface area contributed by atoms with Gasteiger partial charge in [0.15, 0.2) is 0 Å². The lowest BCUT2D eigenvalue weighted by atomic mass is 9.96. The highest BCUT2D eigenvalue weighted by Gasteiger charge is 2.17. The highest BCUT2D eigenvalue weighted by Crippen LogP contribution is 2.18. The molecule has 1 aromatic rings. The lowest BCUT2D eigenvalue weighted by Gasteiger charge is -2.16. The lowest BCUT2D eigenvalue weighted by Crippen LogP contribution is -2.28. The summed E-state index contributed by atoms with van der Waals surface area (Å²) < 4.78 is 5.20. The summed E-state index contributed by atoms with van der Waals surface area (Å²) in [6, 6.07) is 0. The second-order valence-electron chi connectivity index (χ2n) is 5.13. The highest BCUT2D eigenvalue weighted by molar-refractivity contribution is 5.93. The van der Waals surface area contributed by atoms with Crippen LogP contribution in [0.5, 0.6) is 0 Å². The van der Waals surface area contributed by atoms with Crippen molar-refractivity contribution in [2.75, 3.05) is 11.9 Å². The highest BCUT2D eigenvalue weighted by atomic mass is 16.5. The Morgan fingerprint density at radius 1 is 1.39 bits per heavy atom. The van der Waals surface area contributed by atoms with Gasteiger partial charge in [0.25, 0.3) is 5.91 Å². The van der Waals surface area contributed by atoms with Gasteiger partial charge in [-0.25, -0.2) is 9.97 Å². The summed E-state index contributed by atoms with van der Waals surface area (Å²) in [5.74, 6) is 0.558. The quantitative estimate of drug-likeness (QED) is 0.890. The Morgan fingerprint density at radius 3 is 2.39 bits per heavy atom. The van der Waals surface area contributed by atoms with Crippen LogP contribution < -0.4 is 5.32 Å². The minimum Gasteiger partial charge on any atom is -0.369 e. The van der Waals surface area contributed by atoms with Crippen molar-refractivity contribution in [3.05, 3.63) is 18.2 Å². The first-order chi connectivity index (χ1) is 8.34. The van der Waals surface area contributed by atoms with Gasteiger partial charge in [-0.3, -0.25) is 4.79 Å². The maximum atomic E-state index is 11.7. The van der Waals surface area contributed by atoms with Gasteiger partial charge >= 0.3 is 0 Å². The number of carbonyl (C=O) groups excluding carboxylic acids is 1. The summed E-state index contributed by atoms with van der Waals surface area (Å²) in [6.07, 6.45) is 2.76. The number of anilines is 1. The van der Waals surface area contributed by atoms with Crippen LogP contribution in [0.3, 0.4) is 0 Å². The number of nitrogens with one attached hydrogen (secondary N) is 1. The van der Waals surface area contributed by atoms with E-state index in [9.17, 15) is 4.79 Å². The molecule has 0 aliphatic heterocycles. The molecule has 1 N–H and O–H groups in total. The van der Waals surface area contributed by atoms with Crippen LogP contribution in [0.25, 0.3) is 0 Å². The van der Waals surface area contributed by atoms with Gasteiger partial charge in [-0.1, -0.05) is 20.8 Å². The first-order valence-electron chi connectivity index (χ1n) is 6.09. The van der Waals surface area contributed by atoms with Crippen molar-refractivity contribution < 1.29 is 9.53 Å². The molecule has 5 heteroatoms. The van der Waals surface area contributed by atoms with E-state index in [1.54, 1.807) is 19.3 Å². The molecule has 0 saturated heterocycles. The SMILES string of the molecule is CCO[C@H](C)C(=O)Nc1cnc(C(C)(C)C)nc1.